The Labute approximate surface area is 79.3 Å². The molecule has 1 rings (SSSR count). The van der Waals surface area contributed by atoms with Gasteiger partial charge in [0.15, 0.2) is 0 Å². The molecule has 2 nitrogen and oxygen atoms in total. The lowest BCUT2D eigenvalue weighted by Gasteiger charge is -2.01. The SMILES string of the molecule is CC/C=C/COc1ccc(C)cn1. The van der Waals surface area contributed by atoms with Crippen molar-refractivity contribution in [3.8, 4) is 5.88 Å². The summed E-state index contributed by atoms with van der Waals surface area (Å²) < 4.78 is 5.37. The molecule has 0 bridgehead atoms. The molecule has 0 saturated carbocycles. The van der Waals surface area contributed by atoms with Crippen molar-refractivity contribution in [2.24, 2.45) is 0 Å². The zero-order valence-electron chi connectivity index (χ0n) is 8.16. The van der Waals surface area contributed by atoms with Gasteiger partial charge in [-0.2, -0.15) is 0 Å². The Kier molecular flexibility index (Phi) is 4.03. The highest BCUT2D eigenvalue weighted by Crippen LogP contribution is 2.06. The van der Waals surface area contributed by atoms with E-state index in [1.54, 1.807) is 6.20 Å². The van der Waals surface area contributed by atoms with Crippen molar-refractivity contribution in [2.75, 3.05) is 6.61 Å². The first-order chi connectivity index (χ1) is 6.33. The van der Waals surface area contributed by atoms with Gasteiger partial charge in [0.2, 0.25) is 5.88 Å². The van der Waals surface area contributed by atoms with Gasteiger partial charge < -0.3 is 4.74 Å². The van der Waals surface area contributed by atoms with Crippen molar-refractivity contribution in [1.29, 1.82) is 0 Å². The lowest BCUT2D eigenvalue weighted by atomic mass is 10.3. The molecule has 0 amide bonds. The van der Waals surface area contributed by atoms with Gasteiger partial charge in [-0.1, -0.05) is 25.1 Å². The average molecular weight is 177 g/mol. The van der Waals surface area contributed by atoms with Crippen molar-refractivity contribution in [2.45, 2.75) is 20.3 Å². The number of aryl methyl sites for hydroxylation is 1. The molecule has 0 atom stereocenters. The lowest BCUT2D eigenvalue weighted by Crippen LogP contribution is -1.95. The van der Waals surface area contributed by atoms with E-state index in [2.05, 4.69) is 18.0 Å². The van der Waals surface area contributed by atoms with E-state index in [0.29, 0.717) is 12.5 Å². The topological polar surface area (TPSA) is 22.1 Å². The molecular weight excluding hydrogens is 162 g/mol. The molecular formula is C11H15NO. The Balaban J connectivity index is 2.37. The molecule has 0 aliphatic heterocycles. The molecule has 0 aromatic carbocycles. The summed E-state index contributed by atoms with van der Waals surface area (Å²) >= 11 is 0. The molecule has 0 aliphatic rings. The fourth-order valence-corrected chi connectivity index (χ4v) is 0.908. The molecule has 2 heteroatoms. The molecule has 13 heavy (non-hydrogen) atoms. The van der Waals surface area contributed by atoms with Gasteiger partial charge in [-0.25, -0.2) is 4.98 Å². The van der Waals surface area contributed by atoms with Crippen molar-refractivity contribution < 1.29 is 4.74 Å². The first-order valence-electron chi connectivity index (χ1n) is 4.53. The third-order valence-electron chi connectivity index (χ3n) is 1.61. The van der Waals surface area contributed by atoms with E-state index >= 15 is 0 Å². The van der Waals surface area contributed by atoms with Crippen LogP contribution in [0.25, 0.3) is 0 Å². The van der Waals surface area contributed by atoms with Crippen molar-refractivity contribution in [3.05, 3.63) is 36.0 Å². The number of pyridine rings is 1. The van der Waals surface area contributed by atoms with Gasteiger partial charge in [-0.15, -0.1) is 0 Å². The van der Waals surface area contributed by atoms with Gasteiger partial charge in [-0.05, 0) is 18.9 Å². The fraction of sp³-hybridized carbons (Fsp3) is 0.364. The van der Waals surface area contributed by atoms with E-state index in [9.17, 15) is 0 Å². The largest absolute Gasteiger partial charge is 0.473 e. The number of rotatable bonds is 4. The number of nitrogens with zero attached hydrogens (tertiary/aromatic N) is 1. The summed E-state index contributed by atoms with van der Waals surface area (Å²) in [6.07, 6.45) is 6.93. The van der Waals surface area contributed by atoms with Gasteiger partial charge >= 0.3 is 0 Å². The monoisotopic (exact) mass is 177 g/mol. The van der Waals surface area contributed by atoms with Crippen LogP contribution in [0.5, 0.6) is 5.88 Å². The normalized spacial score (nSPS) is 10.6. The summed E-state index contributed by atoms with van der Waals surface area (Å²) in [5, 5.41) is 0. The van der Waals surface area contributed by atoms with Gasteiger partial charge in [0.25, 0.3) is 0 Å². The summed E-state index contributed by atoms with van der Waals surface area (Å²) in [7, 11) is 0. The summed E-state index contributed by atoms with van der Waals surface area (Å²) in [6, 6.07) is 3.88. The van der Waals surface area contributed by atoms with E-state index < -0.39 is 0 Å². The first kappa shape index (κ1) is 9.78. The zero-order chi connectivity index (χ0) is 9.52. The van der Waals surface area contributed by atoms with Crippen LogP contribution >= 0.6 is 0 Å². The van der Waals surface area contributed by atoms with E-state index in [0.717, 1.165) is 12.0 Å². The minimum atomic E-state index is 0.601. The Morgan fingerprint density at radius 2 is 2.23 bits per heavy atom. The second-order valence-electron chi connectivity index (χ2n) is 2.86. The Bertz CT molecular complexity index is 264. The molecule has 0 aliphatic carbocycles. The molecule has 0 unspecified atom stereocenters. The summed E-state index contributed by atoms with van der Waals surface area (Å²) in [4.78, 5) is 4.12. The lowest BCUT2D eigenvalue weighted by molar-refractivity contribution is 0.348. The summed E-state index contributed by atoms with van der Waals surface area (Å²) in [5.41, 5.74) is 1.15. The molecule has 1 aromatic rings. The van der Waals surface area contributed by atoms with Gasteiger partial charge in [-0.3, -0.25) is 0 Å². The van der Waals surface area contributed by atoms with Crippen LogP contribution in [0, 0.1) is 6.92 Å². The standard InChI is InChI=1S/C11H15NO/c1-3-4-5-8-13-11-7-6-10(2)9-12-11/h4-7,9H,3,8H2,1-2H3/b5-4+. The van der Waals surface area contributed by atoms with Crippen LogP contribution in [0.15, 0.2) is 30.5 Å². The van der Waals surface area contributed by atoms with Crippen LogP contribution < -0.4 is 4.74 Å². The van der Waals surface area contributed by atoms with Crippen molar-refractivity contribution >= 4 is 0 Å². The molecule has 0 radical (unpaired) electrons. The van der Waals surface area contributed by atoms with Crippen LogP contribution in [0.4, 0.5) is 0 Å². The number of hydrogen-bond donors (Lipinski definition) is 0. The van der Waals surface area contributed by atoms with Crippen LogP contribution in [-0.2, 0) is 0 Å². The fourth-order valence-electron chi connectivity index (χ4n) is 0.908. The maximum Gasteiger partial charge on any atom is 0.213 e. The van der Waals surface area contributed by atoms with Gasteiger partial charge in [0.05, 0.1) is 0 Å². The predicted molar refractivity (Wildman–Crippen MR) is 53.9 cm³/mol. The third-order valence-corrected chi connectivity index (χ3v) is 1.61. The number of aromatic nitrogens is 1. The molecule has 0 spiro atoms. The third kappa shape index (κ3) is 3.74. The zero-order valence-corrected chi connectivity index (χ0v) is 8.16. The van der Waals surface area contributed by atoms with E-state index in [4.69, 9.17) is 4.74 Å². The van der Waals surface area contributed by atoms with Crippen LogP contribution in [-0.4, -0.2) is 11.6 Å². The second kappa shape index (κ2) is 5.36. The van der Waals surface area contributed by atoms with Crippen molar-refractivity contribution in [3.63, 3.8) is 0 Å². The van der Waals surface area contributed by atoms with E-state index in [-0.39, 0.29) is 0 Å². The maximum atomic E-state index is 5.37. The van der Waals surface area contributed by atoms with E-state index in [1.807, 2.05) is 25.1 Å². The van der Waals surface area contributed by atoms with Crippen LogP contribution in [0.2, 0.25) is 0 Å². The van der Waals surface area contributed by atoms with Gasteiger partial charge in [0.1, 0.15) is 6.61 Å². The molecule has 70 valence electrons. The molecule has 0 fully saturated rings. The molecule has 1 heterocycles. The second-order valence-corrected chi connectivity index (χ2v) is 2.86. The summed E-state index contributed by atoms with van der Waals surface area (Å²) in [6.45, 7) is 4.71. The highest BCUT2D eigenvalue weighted by Gasteiger charge is 1.90. The number of hydrogen-bond acceptors (Lipinski definition) is 2. The number of ether oxygens (including phenoxy) is 1. The Morgan fingerprint density at radius 1 is 1.38 bits per heavy atom. The first-order valence-corrected chi connectivity index (χ1v) is 4.53. The molecule has 0 N–H and O–H groups in total. The maximum absolute atomic E-state index is 5.37. The van der Waals surface area contributed by atoms with Crippen LogP contribution in [0.1, 0.15) is 18.9 Å². The molecule has 1 aromatic heterocycles. The van der Waals surface area contributed by atoms with Crippen LogP contribution in [0.3, 0.4) is 0 Å². The average Bonchev–Trinajstić information content (AvgIpc) is 2.15. The minimum Gasteiger partial charge on any atom is -0.473 e. The van der Waals surface area contributed by atoms with Crippen molar-refractivity contribution in [1.82, 2.24) is 4.98 Å². The highest BCUT2D eigenvalue weighted by molar-refractivity contribution is 5.16. The quantitative estimate of drug-likeness (QED) is 0.660. The highest BCUT2D eigenvalue weighted by atomic mass is 16.5. The smallest absolute Gasteiger partial charge is 0.213 e. The predicted octanol–water partition coefficient (Wildman–Crippen LogP) is 2.74. The number of allylic oxidation sites excluding steroid dienone is 1. The summed E-state index contributed by atoms with van der Waals surface area (Å²) in [5.74, 6) is 0.686. The molecule has 0 saturated heterocycles. The minimum absolute atomic E-state index is 0.601. The Hall–Kier alpha value is -1.31. The Morgan fingerprint density at radius 3 is 2.85 bits per heavy atom. The van der Waals surface area contributed by atoms with E-state index in [1.165, 1.54) is 0 Å². The van der Waals surface area contributed by atoms with Gasteiger partial charge in [0, 0.05) is 12.3 Å².